The van der Waals surface area contributed by atoms with Crippen molar-refractivity contribution >= 4 is 11.6 Å². The van der Waals surface area contributed by atoms with Crippen LogP contribution in [-0.4, -0.2) is 15.3 Å². The Balaban J connectivity index is 3.05. The molecule has 1 atom stereocenters. The summed E-state index contributed by atoms with van der Waals surface area (Å²) in [6.07, 6.45) is 0.762. The number of rotatable bonds is 4. The van der Waals surface area contributed by atoms with E-state index in [-0.39, 0.29) is 5.54 Å². The van der Waals surface area contributed by atoms with Gasteiger partial charge in [0.05, 0.1) is 16.4 Å². The maximum atomic E-state index is 6.29. The van der Waals surface area contributed by atoms with Crippen LogP contribution in [0.2, 0.25) is 5.02 Å². The van der Waals surface area contributed by atoms with E-state index < -0.39 is 0 Å². The molecule has 0 saturated heterocycles. The van der Waals surface area contributed by atoms with E-state index in [1.807, 2.05) is 11.6 Å². The maximum absolute atomic E-state index is 6.29. The Hall–Kier alpha value is -0.540. The van der Waals surface area contributed by atoms with E-state index in [0.717, 1.165) is 29.4 Å². The van der Waals surface area contributed by atoms with Crippen molar-refractivity contribution in [1.82, 2.24) is 9.78 Å². The summed E-state index contributed by atoms with van der Waals surface area (Å²) >= 11 is 6.26. The highest BCUT2D eigenvalue weighted by atomic mass is 35.5. The van der Waals surface area contributed by atoms with E-state index in [9.17, 15) is 0 Å². The molecular formula is C12H22ClN3. The average molecular weight is 244 g/mol. The van der Waals surface area contributed by atoms with Gasteiger partial charge in [-0.25, -0.2) is 0 Å². The van der Waals surface area contributed by atoms with Gasteiger partial charge in [0.1, 0.15) is 0 Å². The van der Waals surface area contributed by atoms with Crippen molar-refractivity contribution in [3.63, 3.8) is 0 Å². The second-order valence-corrected chi connectivity index (χ2v) is 5.38. The summed E-state index contributed by atoms with van der Waals surface area (Å²) < 4.78 is 1.95. The molecule has 0 radical (unpaired) electrons. The molecule has 1 unspecified atom stereocenters. The molecule has 0 aliphatic rings. The fraction of sp³-hybridized carbons (Fsp3) is 0.750. The summed E-state index contributed by atoms with van der Waals surface area (Å²) in [6, 6.07) is 0. The van der Waals surface area contributed by atoms with Gasteiger partial charge in [0.25, 0.3) is 0 Å². The van der Waals surface area contributed by atoms with Crippen molar-refractivity contribution < 1.29 is 0 Å². The third-order valence-electron chi connectivity index (χ3n) is 3.32. The summed E-state index contributed by atoms with van der Waals surface area (Å²) in [5.74, 6) is 0.407. The Bertz CT molecular complexity index is 367. The SMILES string of the molecule is CCn1nc(C)c(Cl)c1CC(C)(N)C(C)C. The molecule has 0 spiro atoms. The van der Waals surface area contributed by atoms with Gasteiger partial charge >= 0.3 is 0 Å². The Labute approximate surface area is 103 Å². The average Bonchev–Trinajstić information content (AvgIpc) is 2.45. The van der Waals surface area contributed by atoms with Gasteiger partial charge in [0.2, 0.25) is 0 Å². The van der Waals surface area contributed by atoms with Gasteiger partial charge in [0, 0.05) is 18.5 Å². The van der Waals surface area contributed by atoms with Crippen molar-refractivity contribution in [3.05, 3.63) is 16.4 Å². The van der Waals surface area contributed by atoms with Crippen molar-refractivity contribution in [2.24, 2.45) is 11.7 Å². The first-order valence-electron chi connectivity index (χ1n) is 5.80. The highest BCUT2D eigenvalue weighted by molar-refractivity contribution is 6.31. The number of nitrogens with two attached hydrogens (primary N) is 1. The summed E-state index contributed by atoms with van der Waals surface area (Å²) in [5.41, 5.74) is 7.99. The van der Waals surface area contributed by atoms with Crippen LogP contribution in [0.15, 0.2) is 0 Å². The second-order valence-electron chi connectivity index (χ2n) is 5.00. The molecule has 0 aliphatic carbocycles. The molecule has 0 saturated carbocycles. The Morgan fingerprint density at radius 1 is 1.50 bits per heavy atom. The molecular weight excluding hydrogens is 222 g/mol. The van der Waals surface area contributed by atoms with Gasteiger partial charge in [-0.1, -0.05) is 25.4 Å². The molecule has 1 aromatic rings. The third kappa shape index (κ3) is 2.58. The minimum Gasteiger partial charge on any atom is -0.325 e. The van der Waals surface area contributed by atoms with Crippen LogP contribution in [0.25, 0.3) is 0 Å². The fourth-order valence-corrected chi connectivity index (χ4v) is 1.80. The van der Waals surface area contributed by atoms with E-state index in [0.29, 0.717) is 5.92 Å². The monoisotopic (exact) mass is 243 g/mol. The number of nitrogens with zero attached hydrogens (tertiary/aromatic N) is 2. The molecule has 4 heteroatoms. The molecule has 0 aromatic carbocycles. The van der Waals surface area contributed by atoms with Gasteiger partial charge < -0.3 is 5.73 Å². The lowest BCUT2D eigenvalue weighted by Gasteiger charge is -2.29. The number of hydrogen-bond acceptors (Lipinski definition) is 2. The van der Waals surface area contributed by atoms with Crippen molar-refractivity contribution in [1.29, 1.82) is 0 Å². The Morgan fingerprint density at radius 2 is 2.06 bits per heavy atom. The van der Waals surface area contributed by atoms with Gasteiger partial charge in [-0.3, -0.25) is 4.68 Å². The zero-order valence-corrected chi connectivity index (χ0v) is 11.6. The molecule has 92 valence electrons. The lowest BCUT2D eigenvalue weighted by Crippen LogP contribution is -2.44. The summed E-state index contributed by atoms with van der Waals surface area (Å²) in [5, 5.41) is 5.16. The molecule has 0 bridgehead atoms. The second kappa shape index (κ2) is 4.76. The van der Waals surface area contributed by atoms with Crippen molar-refractivity contribution in [2.45, 2.75) is 53.1 Å². The van der Waals surface area contributed by atoms with E-state index in [2.05, 4.69) is 32.8 Å². The Morgan fingerprint density at radius 3 is 2.50 bits per heavy atom. The summed E-state index contributed by atoms with van der Waals surface area (Å²) in [7, 11) is 0. The first kappa shape index (κ1) is 13.5. The first-order valence-corrected chi connectivity index (χ1v) is 6.18. The van der Waals surface area contributed by atoms with Crippen LogP contribution in [0.1, 0.15) is 39.1 Å². The zero-order chi connectivity index (χ0) is 12.5. The molecule has 0 aliphatic heterocycles. The molecule has 2 N–H and O–H groups in total. The van der Waals surface area contributed by atoms with Crippen LogP contribution < -0.4 is 5.73 Å². The fourth-order valence-electron chi connectivity index (χ4n) is 1.60. The smallest absolute Gasteiger partial charge is 0.0847 e. The summed E-state index contributed by atoms with van der Waals surface area (Å²) in [4.78, 5) is 0. The van der Waals surface area contributed by atoms with Crippen LogP contribution in [0.4, 0.5) is 0 Å². The highest BCUT2D eigenvalue weighted by Crippen LogP contribution is 2.26. The molecule has 16 heavy (non-hydrogen) atoms. The lowest BCUT2D eigenvalue weighted by atomic mass is 9.85. The first-order chi connectivity index (χ1) is 7.29. The molecule has 1 aromatic heterocycles. The topological polar surface area (TPSA) is 43.8 Å². The lowest BCUT2D eigenvalue weighted by molar-refractivity contribution is 0.329. The third-order valence-corrected chi connectivity index (χ3v) is 3.81. The van der Waals surface area contributed by atoms with Crippen LogP contribution in [-0.2, 0) is 13.0 Å². The minimum atomic E-state index is -0.247. The largest absolute Gasteiger partial charge is 0.325 e. The van der Waals surface area contributed by atoms with Gasteiger partial charge in [-0.15, -0.1) is 0 Å². The van der Waals surface area contributed by atoms with E-state index in [1.54, 1.807) is 0 Å². The number of aromatic nitrogens is 2. The highest BCUT2D eigenvalue weighted by Gasteiger charge is 2.27. The van der Waals surface area contributed by atoms with E-state index in [1.165, 1.54) is 0 Å². The predicted octanol–water partition coefficient (Wildman–Crippen LogP) is 2.78. The molecule has 3 nitrogen and oxygen atoms in total. The zero-order valence-electron chi connectivity index (χ0n) is 10.8. The van der Waals surface area contributed by atoms with Crippen LogP contribution >= 0.6 is 11.6 Å². The minimum absolute atomic E-state index is 0.247. The van der Waals surface area contributed by atoms with Crippen LogP contribution in [0.3, 0.4) is 0 Å². The standard InChI is InChI=1S/C12H22ClN3/c1-6-16-10(11(13)9(4)15-16)7-12(5,14)8(2)3/h8H,6-7,14H2,1-5H3. The van der Waals surface area contributed by atoms with Crippen LogP contribution in [0, 0.1) is 12.8 Å². The molecule has 0 amide bonds. The van der Waals surface area contributed by atoms with Crippen molar-refractivity contribution in [2.75, 3.05) is 0 Å². The molecule has 0 fully saturated rings. The van der Waals surface area contributed by atoms with Gasteiger partial charge in [0.15, 0.2) is 0 Å². The van der Waals surface area contributed by atoms with Gasteiger partial charge in [-0.2, -0.15) is 5.10 Å². The van der Waals surface area contributed by atoms with E-state index >= 15 is 0 Å². The number of aryl methyl sites for hydroxylation is 2. The molecule has 1 heterocycles. The van der Waals surface area contributed by atoms with Gasteiger partial charge in [-0.05, 0) is 26.7 Å². The van der Waals surface area contributed by atoms with Crippen molar-refractivity contribution in [3.8, 4) is 0 Å². The quantitative estimate of drug-likeness (QED) is 0.884. The predicted molar refractivity (Wildman–Crippen MR) is 68.8 cm³/mol. The van der Waals surface area contributed by atoms with Crippen LogP contribution in [0.5, 0.6) is 0 Å². The summed E-state index contributed by atoms with van der Waals surface area (Å²) in [6.45, 7) is 11.2. The molecule has 1 rings (SSSR count). The van der Waals surface area contributed by atoms with E-state index in [4.69, 9.17) is 17.3 Å². The Kier molecular flexibility index (Phi) is 4.02. The maximum Gasteiger partial charge on any atom is 0.0847 e. The normalized spacial score (nSPS) is 15.5. The number of hydrogen-bond donors (Lipinski definition) is 1. The number of halogens is 1.